The van der Waals surface area contributed by atoms with E-state index in [-0.39, 0.29) is 12.5 Å². The summed E-state index contributed by atoms with van der Waals surface area (Å²) in [5, 5.41) is 6.26. The van der Waals surface area contributed by atoms with Crippen LogP contribution in [-0.4, -0.2) is 33.3 Å². The minimum absolute atomic E-state index is 0.0965. The summed E-state index contributed by atoms with van der Waals surface area (Å²) in [5.41, 5.74) is 4.12. The van der Waals surface area contributed by atoms with E-state index in [2.05, 4.69) is 16.7 Å². The number of rotatable bonds is 11. The molecule has 0 aliphatic carbocycles. The van der Waals surface area contributed by atoms with Gasteiger partial charge in [0.1, 0.15) is 5.75 Å². The number of aryl methyl sites for hydroxylation is 1. The number of anilines is 1. The van der Waals surface area contributed by atoms with Crippen molar-refractivity contribution >= 4 is 11.6 Å². The van der Waals surface area contributed by atoms with Crippen molar-refractivity contribution in [3.63, 3.8) is 0 Å². The van der Waals surface area contributed by atoms with Crippen LogP contribution in [-0.2, 0) is 17.8 Å². The van der Waals surface area contributed by atoms with E-state index in [1.54, 1.807) is 14.2 Å². The van der Waals surface area contributed by atoms with Gasteiger partial charge in [-0.15, -0.1) is 0 Å². The third kappa shape index (κ3) is 6.75. The van der Waals surface area contributed by atoms with Gasteiger partial charge >= 0.3 is 0 Å². The molecular formula is C26H30N2O4. The van der Waals surface area contributed by atoms with Crippen molar-refractivity contribution in [2.45, 2.75) is 19.9 Å². The van der Waals surface area contributed by atoms with Crippen LogP contribution in [0.1, 0.15) is 16.7 Å². The van der Waals surface area contributed by atoms with E-state index in [0.717, 1.165) is 35.5 Å². The molecule has 1 amide bonds. The van der Waals surface area contributed by atoms with Gasteiger partial charge < -0.3 is 24.8 Å². The molecule has 0 spiro atoms. The maximum absolute atomic E-state index is 12.2. The lowest BCUT2D eigenvalue weighted by molar-refractivity contribution is -0.118. The number of amides is 1. The molecule has 0 aromatic heterocycles. The molecule has 2 N–H and O–H groups in total. The van der Waals surface area contributed by atoms with Crippen molar-refractivity contribution in [1.29, 1.82) is 0 Å². The second-order valence-electron chi connectivity index (χ2n) is 7.43. The second kappa shape index (κ2) is 11.8. The predicted molar refractivity (Wildman–Crippen MR) is 127 cm³/mol. The number of para-hydroxylation sites is 1. The molecule has 0 fully saturated rings. The SMILES string of the molecule is COc1ccccc1CCNCc1ccc(OCC(=O)Nc2ccc(C)cc2)c(OC)c1. The largest absolute Gasteiger partial charge is 0.496 e. The van der Waals surface area contributed by atoms with Crippen molar-refractivity contribution in [1.82, 2.24) is 5.32 Å². The number of carbonyl (C=O) groups excluding carboxylic acids is 1. The van der Waals surface area contributed by atoms with Crippen LogP contribution in [0.3, 0.4) is 0 Å². The van der Waals surface area contributed by atoms with Crippen molar-refractivity contribution in [2.75, 3.05) is 32.7 Å². The Balaban J connectivity index is 1.48. The van der Waals surface area contributed by atoms with Crippen molar-refractivity contribution in [3.8, 4) is 17.2 Å². The number of hydrogen-bond acceptors (Lipinski definition) is 5. The van der Waals surface area contributed by atoms with E-state index < -0.39 is 0 Å². The first-order valence-corrected chi connectivity index (χ1v) is 10.6. The monoisotopic (exact) mass is 434 g/mol. The molecule has 3 rings (SSSR count). The second-order valence-corrected chi connectivity index (χ2v) is 7.43. The normalized spacial score (nSPS) is 10.5. The fraction of sp³-hybridized carbons (Fsp3) is 0.269. The zero-order chi connectivity index (χ0) is 22.8. The molecule has 0 unspecified atom stereocenters. The van der Waals surface area contributed by atoms with Crippen LogP contribution in [0.4, 0.5) is 5.69 Å². The average molecular weight is 435 g/mol. The van der Waals surface area contributed by atoms with Gasteiger partial charge in [-0.1, -0.05) is 42.0 Å². The van der Waals surface area contributed by atoms with Gasteiger partial charge in [0.25, 0.3) is 5.91 Å². The molecule has 0 aliphatic rings. The highest BCUT2D eigenvalue weighted by molar-refractivity contribution is 5.91. The summed E-state index contributed by atoms with van der Waals surface area (Å²) in [7, 11) is 3.28. The Hall–Kier alpha value is -3.51. The summed E-state index contributed by atoms with van der Waals surface area (Å²) in [5.74, 6) is 1.81. The quantitative estimate of drug-likeness (QED) is 0.439. The van der Waals surface area contributed by atoms with Gasteiger partial charge in [-0.05, 0) is 61.3 Å². The third-order valence-electron chi connectivity index (χ3n) is 5.01. The molecule has 6 nitrogen and oxygen atoms in total. The summed E-state index contributed by atoms with van der Waals surface area (Å²) in [4.78, 5) is 12.2. The topological polar surface area (TPSA) is 68.8 Å². The Morgan fingerprint density at radius 1 is 0.875 bits per heavy atom. The first kappa shape index (κ1) is 23.2. The molecular weight excluding hydrogens is 404 g/mol. The summed E-state index contributed by atoms with van der Waals surface area (Å²) >= 11 is 0. The van der Waals surface area contributed by atoms with Crippen LogP contribution < -0.4 is 24.8 Å². The minimum atomic E-state index is -0.224. The van der Waals surface area contributed by atoms with E-state index in [1.807, 2.05) is 67.6 Å². The van der Waals surface area contributed by atoms with Gasteiger partial charge in [0.05, 0.1) is 14.2 Å². The number of ether oxygens (including phenoxy) is 3. The molecule has 32 heavy (non-hydrogen) atoms. The summed E-state index contributed by atoms with van der Waals surface area (Å²) in [6, 6.07) is 21.4. The highest BCUT2D eigenvalue weighted by Gasteiger charge is 2.09. The number of benzene rings is 3. The molecule has 3 aromatic carbocycles. The number of nitrogens with one attached hydrogen (secondary N) is 2. The van der Waals surface area contributed by atoms with Crippen LogP contribution in [0, 0.1) is 6.92 Å². The van der Waals surface area contributed by atoms with Gasteiger partial charge in [0.15, 0.2) is 18.1 Å². The van der Waals surface area contributed by atoms with Gasteiger partial charge in [-0.25, -0.2) is 0 Å². The summed E-state index contributed by atoms with van der Waals surface area (Å²) in [6.45, 7) is 3.42. The Labute approximate surface area is 189 Å². The Kier molecular flexibility index (Phi) is 8.52. The van der Waals surface area contributed by atoms with E-state index in [4.69, 9.17) is 14.2 Å². The van der Waals surface area contributed by atoms with Gasteiger partial charge in [0, 0.05) is 12.2 Å². The first-order valence-electron chi connectivity index (χ1n) is 10.6. The predicted octanol–water partition coefficient (Wildman–Crippen LogP) is 4.36. The average Bonchev–Trinajstić information content (AvgIpc) is 2.82. The fourth-order valence-electron chi connectivity index (χ4n) is 3.28. The van der Waals surface area contributed by atoms with E-state index in [9.17, 15) is 4.79 Å². The smallest absolute Gasteiger partial charge is 0.262 e. The van der Waals surface area contributed by atoms with Gasteiger partial charge in [-0.3, -0.25) is 4.79 Å². The van der Waals surface area contributed by atoms with Crippen LogP contribution >= 0.6 is 0 Å². The van der Waals surface area contributed by atoms with Crippen LogP contribution in [0.5, 0.6) is 17.2 Å². The lowest BCUT2D eigenvalue weighted by Crippen LogP contribution is -2.20. The first-order chi connectivity index (χ1) is 15.6. The van der Waals surface area contributed by atoms with Crippen LogP contribution in [0.25, 0.3) is 0 Å². The standard InChI is InChI=1S/C26H30N2O4/c1-19-8-11-22(12-9-19)28-26(29)18-32-24-13-10-20(16-25(24)31-3)17-27-15-14-21-6-4-5-7-23(21)30-2/h4-13,16,27H,14-15,17-18H2,1-3H3,(H,28,29). The molecule has 0 radical (unpaired) electrons. The molecule has 6 heteroatoms. The Morgan fingerprint density at radius 3 is 2.38 bits per heavy atom. The Morgan fingerprint density at radius 2 is 1.62 bits per heavy atom. The van der Waals surface area contributed by atoms with Gasteiger partial charge in [0.2, 0.25) is 0 Å². The molecule has 0 heterocycles. The van der Waals surface area contributed by atoms with E-state index >= 15 is 0 Å². The summed E-state index contributed by atoms with van der Waals surface area (Å²) < 4.78 is 16.5. The van der Waals surface area contributed by atoms with Crippen LogP contribution in [0.2, 0.25) is 0 Å². The molecule has 3 aromatic rings. The maximum atomic E-state index is 12.2. The highest BCUT2D eigenvalue weighted by atomic mass is 16.5. The van der Waals surface area contributed by atoms with Crippen molar-refractivity contribution in [3.05, 3.63) is 83.4 Å². The summed E-state index contributed by atoms with van der Waals surface area (Å²) in [6.07, 6.45) is 0.873. The third-order valence-corrected chi connectivity index (χ3v) is 5.01. The lowest BCUT2D eigenvalue weighted by atomic mass is 10.1. The fourth-order valence-corrected chi connectivity index (χ4v) is 3.28. The maximum Gasteiger partial charge on any atom is 0.262 e. The van der Waals surface area contributed by atoms with E-state index in [1.165, 1.54) is 5.56 Å². The van der Waals surface area contributed by atoms with Crippen LogP contribution in [0.15, 0.2) is 66.7 Å². The van der Waals surface area contributed by atoms with Gasteiger partial charge in [-0.2, -0.15) is 0 Å². The molecule has 0 aliphatic heterocycles. The number of hydrogen-bond donors (Lipinski definition) is 2. The van der Waals surface area contributed by atoms with E-state index in [0.29, 0.717) is 18.0 Å². The molecule has 0 atom stereocenters. The zero-order valence-corrected chi connectivity index (χ0v) is 18.8. The minimum Gasteiger partial charge on any atom is -0.496 e. The zero-order valence-electron chi connectivity index (χ0n) is 18.8. The van der Waals surface area contributed by atoms with Crippen molar-refractivity contribution in [2.24, 2.45) is 0 Å². The molecule has 168 valence electrons. The molecule has 0 saturated heterocycles. The Bertz CT molecular complexity index is 1020. The highest BCUT2D eigenvalue weighted by Crippen LogP contribution is 2.28. The number of methoxy groups -OCH3 is 2. The molecule has 0 saturated carbocycles. The number of carbonyl (C=O) groups is 1. The lowest BCUT2D eigenvalue weighted by Gasteiger charge is -2.13. The molecule has 0 bridgehead atoms. The van der Waals surface area contributed by atoms with Crippen molar-refractivity contribution < 1.29 is 19.0 Å².